The van der Waals surface area contributed by atoms with Crippen LogP contribution in [0.5, 0.6) is 0 Å². The van der Waals surface area contributed by atoms with Crippen molar-refractivity contribution in [3.63, 3.8) is 0 Å². The Kier molecular flexibility index (Phi) is 7.11. The second-order valence-electron chi connectivity index (χ2n) is 9.74. The molecular weight excluding hydrogens is 408 g/mol. The summed E-state index contributed by atoms with van der Waals surface area (Å²) in [6.45, 7) is 16.0. The van der Waals surface area contributed by atoms with E-state index in [1.807, 2.05) is 44.1 Å². The number of rotatable bonds is 7. The molecule has 3 rings (SSSR count). The molecule has 33 heavy (non-hydrogen) atoms. The largest absolute Gasteiger partial charge is 0.373 e. The van der Waals surface area contributed by atoms with Gasteiger partial charge < -0.3 is 14.7 Å². The third kappa shape index (κ3) is 5.36. The molecule has 0 aromatic heterocycles. The topological polar surface area (TPSA) is 39.2 Å². The highest BCUT2D eigenvalue weighted by Crippen LogP contribution is 2.31. The second kappa shape index (κ2) is 9.65. The van der Waals surface area contributed by atoms with Gasteiger partial charge in [-0.15, -0.1) is 0 Å². The minimum absolute atomic E-state index is 0.131. The summed E-state index contributed by atoms with van der Waals surface area (Å²) in [6.07, 6.45) is 2.90. The van der Waals surface area contributed by atoms with Crippen molar-refractivity contribution >= 4 is 29.2 Å². The van der Waals surface area contributed by atoms with Gasteiger partial charge in [0.15, 0.2) is 0 Å². The van der Waals surface area contributed by atoms with E-state index < -0.39 is 0 Å². The lowest BCUT2D eigenvalue weighted by molar-refractivity contribution is -0.107. The van der Waals surface area contributed by atoms with Gasteiger partial charge in [0.1, 0.15) is 0 Å². The van der Waals surface area contributed by atoms with Crippen molar-refractivity contribution in [2.24, 2.45) is 4.99 Å². The highest BCUT2D eigenvalue weighted by molar-refractivity contribution is 6.02. The molecule has 0 saturated carbocycles. The van der Waals surface area contributed by atoms with Crippen LogP contribution in [0.15, 0.2) is 65.9 Å². The molecule has 0 spiro atoms. The SMILES string of the molecule is C=C1C(C)=NC(c2cccc(N(C=O)CCN(C)c3ccc(C(C)(C)C)cc3)c2C)=CN1C. The summed E-state index contributed by atoms with van der Waals surface area (Å²) in [5.74, 6) is 0. The molecule has 0 saturated heterocycles. The molecule has 0 fully saturated rings. The van der Waals surface area contributed by atoms with Crippen LogP contribution in [0, 0.1) is 6.92 Å². The van der Waals surface area contributed by atoms with E-state index in [2.05, 4.69) is 69.6 Å². The molecule has 1 aliphatic heterocycles. The Morgan fingerprint density at radius 2 is 1.73 bits per heavy atom. The van der Waals surface area contributed by atoms with E-state index in [1.54, 1.807) is 4.90 Å². The average Bonchev–Trinajstić information content (AvgIpc) is 2.77. The lowest BCUT2D eigenvalue weighted by Gasteiger charge is -2.27. The van der Waals surface area contributed by atoms with Gasteiger partial charge in [-0.3, -0.25) is 4.79 Å². The number of anilines is 2. The van der Waals surface area contributed by atoms with E-state index in [9.17, 15) is 4.79 Å². The summed E-state index contributed by atoms with van der Waals surface area (Å²) in [7, 11) is 4.03. The fourth-order valence-electron chi connectivity index (χ4n) is 3.97. The van der Waals surface area contributed by atoms with Gasteiger partial charge in [0.25, 0.3) is 0 Å². The molecule has 0 aliphatic carbocycles. The number of carbonyl (C=O) groups is 1. The van der Waals surface area contributed by atoms with Crippen LogP contribution in [0.3, 0.4) is 0 Å². The highest BCUT2D eigenvalue weighted by atomic mass is 16.1. The number of likely N-dealkylation sites (N-methyl/N-ethyl adjacent to an activating group) is 1. The van der Waals surface area contributed by atoms with E-state index in [-0.39, 0.29) is 5.41 Å². The second-order valence-corrected chi connectivity index (χ2v) is 9.74. The van der Waals surface area contributed by atoms with Crippen molar-refractivity contribution in [3.8, 4) is 0 Å². The number of carbonyl (C=O) groups excluding carboxylic acids is 1. The maximum Gasteiger partial charge on any atom is 0.214 e. The number of amides is 1. The fourth-order valence-corrected chi connectivity index (χ4v) is 3.97. The molecule has 1 aliphatic rings. The number of hydrogen-bond donors (Lipinski definition) is 0. The summed E-state index contributed by atoms with van der Waals surface area (Å²) in [5, 5.41) is 0. The van der Waals surface area contributed by atoms with Gasteiger partial charge in [0, 0.05) is 50.3 Å². The zero-order valence-electron chi connectivity index (χ0n) is 21.0. The van der Waals surface area contributed by atoms with Gasteiger partial charge in [-0.2, -0.15) is 0 Å². The Hall–Kier alpha value is -3.34. The Morgan fingerprint density at radius 3 is 2.30 bits per heavy atom. The molecule has 0 bridgehead atoms. The highest BCUT2D eigenvalue weighted by Gasteiger charge is 2.18. The van der Waals surface area contributed by atoms with Crippen LogP contribution in [0.4, 0.5) is 11.4 Å². The van der Waals surface area contributed by atoms with Crippen LogP contribution in [0.25, 0.3) is 5.70 Å². The Balaban J connectivity index is 1.77. The van der Waals surface area contributed by atoms with Gasteiger partial charge in [0.2, 0.25) is 6.41 Å². The lowest BCUT2D eigenvalue weighted by Crippen LogP contribution is -2.33. The van der Waals surface area contributed by atoms with Gasteiger partial charge in [-0.1, -0.05) is 51.6 Å². The van der Waals surface area contributed by atoms with Crippen LogP contribution >= 0.6 is 0 Å². The summed E-state index contributed by atoms with van der Waals surface area (Å²) >= 11 is 0. The third-order valence-electron chi connectivity index (χ3n) is 6.32. The normalized spacial score (nSPS) is 14.0. The lowest BCUT2D eigenvalue weighted by atomic mass is 9.87. The molecule has 1 amide bonds. The number of benzene rings is 2. The minimum Gasteiger partial charge on any atom is -0.373 e. The van der Waals surface area contributed by atoms with Crippen molar-refractivity contribution in [1.82, 2.24) is 4.90 Å². The third-order valence-corrected chi connectivity index (χ3v) is 6.32. The zero-order chi connectivity index (χ0) is 24.3. The first-order valence-electron chi connectivity index (χ1n) is 11.4. The molecule has 0 unspecified atom stereocenters. The molecule has 5 nitrogen and oxygen atoms in total. The van der Waals surface area contributed by atoms with E-state index in [1.165, 1.54) is 5.56 Å². The first kappa shape index (κ1) is 24.3. The smallest absolute Gasteiger partial charge is 0.214 e. The maximum atomic E-state index is 12.0. The average molecular weight is 445 g/mol. The summed E-state index contributed by atoms with van der Waals surface area (Å²) < 4.78 is 0. The molecule has 2 aromatic rings. The Labute approximate surface area is 198 Å². The molecule has 5 heteroatoms. The summed E-state index contributed by atoms with van der Waals surface area (Å²) in [5.41, 5.74) is 8.20. The van der Waals surface area contributed by atoms with Gasteiger partial charge in [-0.05, 0) is 48.6 Å². The first-order valence-corrected chi connectivity index (χ1v) is 11.4. The van der Waals surface area contributed by atoms with E-state index in [4.69, 9.17) is 4.99 Å². The van der Waals surface area contributed by atoms with E-state index in [0.29, 0.717) is 6.54 Å². The Morgan fingerprint density at radius 1 is 1.06 bits per heavy atom. The molecule has 0 N–H and O–H groups in total. The van der Waals surface area contributed by atoms with Crippen molar-refractivity contribution in [2.75, 3.05) is 37.0 Å². The monoisotopic (exact) mass is 444 g/mol. The van der Waals surface area contributed by atoms with Crippen LogP contribution in [-0.2, 0) is 10.2 Å². The van der Waals surface area contributed by atoms with Gasteiger partial charge in [-0.25, -0.2) is 4.99 Å². The number of aliphatic imine (C=N–C) groups is 1. The van der Waals surface area contributed by atoms with E-state index >= 15 is 0 Å². The van der Waals surface area contributed by atoms with Crippen molar-refractivity contribution < 1.29 is 4.79 Å². The molecule has 1 heterocycles. The molecular formula is C28H36N4O. The minimum atomic E-state index is 0.131. The molecule has 174 valence electrons. The van der Waals surface area contributed by atoms with Crippen molar-refractivity contribution in [2.45, 2.75) is 40.0 Å². The summed E-state index contributed by atoms with van der Waals surface area (Å²) in [4.78, 5) is 22.7. The van der Waals surface area contributed by atoms with Gasteiger partial charge >= 0.3 is 0 Å². The fraction of sp³-hybridized carbons (Fsp3) is 0.357. The van der Waals surface area contributed by atoms with Crippen LogP contribution in [-0.4, -0.2) is 44.2 Å². The van der Waals surface area contributed by atoms with Crippen molar-refractivity contribution in [3.05, 3.63) is 77.6 Å². The van der Waals surface area contributed by atoms with Gasteiger partial charge in [0.05, 0.1) is 17.1 Å². The Bertz CT molecular complexity index is 1090. The van der Waals surface area contributed by atoms with Crippen LogP contribution in [0.2, 0.25) is 0 Å². The quantitative estimate of drug-likeness (QED) is 0.521. The summed E-state index contributed by atoms with van der Waals surface area (Å²) in [6, 6.07) is 14.7. The number of hydrogen-bond acceptors (Lipinski definition) is 4. The predicted octanol–water partition coefficient (Wildman–Crippen LogP) is 5.61. The predicted molar refractivity (Wildman–Crippen MR) is 141 cm³/mol. The number of allylic oxidation sites excluding steroid dienone is 1. The van der Waals surface area contributed by atoms with Crippen LogP contribution < -0.4 is 9.80 Å². The molecule has 2 aromatic carbocycles. The van der Waals surface area contributed by atoms with Crippen molar-refractivity contribution in [1.29, 1.82) is 0 Å². The molecule has 0 radical (unpaired) electrons. The van der Waals surface area contributed by atoms with E-state index in [0.717, 1.165) is 52.6 Å². The zero-order valence-corrected chi connectivity index (χ0v) is 21.0. The first-order chi connectivity index (χ1) is 15.5. The number of nitrogens with zero attached hydrogens (tertiary/aromatic N) is 4. The van der Waals surface area contributed by atoms with Crippen LogP contribution in [0.1, 0.15) is 44.4 Å². The maximum absolute atomic E-state index is 12.0. The molecule has 0 atom stereocenters. The standard InChI is InChI=1S/C28H36N4O/c1-20-25(26-18-31(8)22(3)21(2)29-26)10-9-11-27(20)32(19-33)17-16-30(7)24-14-12-23(13-15-24)28(4,5)6/h9-15,18-19H,3,16-17H2,1-2,4-8H3.